The molecule has 1 unspecified atom stereocenters. The molecule has 2 aromatic rings. The molecule has 0 heterocycles. The van der Waals surface area contributed by atoms with Crippen LogP contribution in [0.15, 0.2) is 60.7 Å². The lowest BCUT2D eigenvalue weighted by Crippen LogP contribution is -2.03. The molecule has 0 saturated carbocycles. The first-order valence-corrected chi connectivity index (χ1v) is 7.08. The second-order valence-electron chi connectivity index (χ2n) is 4.79. The van der Waals surface area contributed by atoms with Crippen LogP contribution in [0, 0.1) is 0 Å². The molecule has 2 N–H and O–H groups in total. The lowest BCUT2D eigenvalue weighted by Gasteiger charge is -2.02. The maximum atomic E-state index is 5.61. The Hall–Kier alpha value is -1.60. The van der Waals surface area contributed by atoms with Crippen LogP contribution in [0.25, 0.3) is 0 Å². The van der Waals surface area contributed by atoms with Crippen molar-refractivity contribution in [3.8, 4) is 0 Å². The zero-order chi connectivity index (χ0) is 13.9. The van der Waals surface area contributed by atoms with Crippen molar-refractivity contribution in [1.82, 2.24) is 0 Å². The molecular formula is C18H25N. The van der Waals surface area contributed by atoms with E-state index in [0.29, 0.717) is 0 Å². The SMILES string of the molecule is CC(N)c1ccccc1.CCCCc1ccccc1. The number of unbranched alkanes of at least 4 members (excludes halogenated alkanes) is 1. The van der Waals surface area contributed by atoms with Crippen molar-refractivity contribution in [3.05, 3.63) is 71.8 Å². The highest BCUT2D eigenvalue weighted by Crippen LogP contribution is 2.06. The molecule has 0 spiro atoms. The number of benzene rings is 2. The van der Waals surface area contributed by atoms with E-state index >= 15 is 0 Å². The average Bonchev–Trinajstić information content (AvgIpc) is 2.48. The summed E-state index contributed by atoms with van der Waals surface area (Å²) < 4.78 is 0. The van der Waals surface area contributed by atoms with Gasteiger partial charge in [-0.15, -0.1) is 0 Å². The van der Waals surface area contributed by atoms with Crippen LogP contribution >= 0.6 is 0 Å². The minimum atomic E-state index is 0.159. The topological polar surface area (TPSA) is 26.0 Å². The van der Waals surface area contributed by atoms with E-state index in [9.17, 15) is 0 Å². The fourth-order valence-corrected chi connectivity index (χ4v) is 1.78. The van der Waals surface area contributed by atoms with Gasteiger partial charge >= 0.3 is 0 Å². The van der Waals surface area contributed by atoms with Gasteiger partial charge in [0.15, 0.2) is 0 Å². The van der Waals surface area contributed by atoms with Gasteiger partial charge in [0.1, 0.15) is 0 Å². The van der Waals surface area contributed by atoms with Gasteiger partial charge in [-0.1, -0.05) is 74.0 Å². The van der Waals surface area contributed by atoms with E-state index in [-0.39, 0.29) is 6.04 Å². The van der Waals surface area contributed by atoms with Crippen LogP contribution in [0.1, 0.15) is 43.9 Å². The van der Waals surface area contributed by atoms with Crippen molar-refractivity contribution in [2.24, 2.45) is 5.73 Å². The van der Waals surface area contributed by atoms with Crippen LogP contribution in [0.3, 0.4) is 0 Å². The first kappa shape index (κ1) is 15.5. The lowest BCUT2D eigenvalue weighted by atomic mass is 10.1. The third kappa shape index (κ3) is 6.78. The lowest BCUT2D eigenvalue weighted by molar-refractivity contribution is 0.795. The molecule has 2 aromatic carbocycles. The third-order valence-electron chi connectivity index (χ3n) is 2.99. The van der Waals surface area contributed by atoms with Crippen LogP contribution in [0.4, 0.5) is 0 Å². The van der Waals surface area contributed by atoms with Gasteiger partial charge in [-0.2, -0.15) is 0 Å². The second kappa shape index (κ2) is 9.35. The molecule has 0 aliphatic heterocycles. The largest absolute Gasteiger partial charge is 0.324 e. The monoisotopic (exact) mass is 255 g/mol. The number of nitrogens with two attached hydrogens (primary N) is 1. The molecule has 0 aliphatic rings. The van der Waals surface area contributed by atoms with Crippen molar-refractivity contribution in [3.63, 3.8) is 0 Å². The van der Waals surface area contributed by atoms with E-state index in [1.807, 2.05) is 37.3 Å². The van der Waals surface area contributed by atoms with Crippen LogP contribution in [0.5, 0.6) is 0 Å². The maximum absolute atomic E-state index is 5.61. The number of rotatable bonds is 4. The molecule has 0 amide bonds. The normalized spacial score (nSPS) is 11.3. The molecule has 19 heavy (non-hydrogen) atoms. The highest BCUT2D eigenvalue weighted by molar-refractivity contribution is 5.17. The predicted molar refractivity (Wildman–Crippen MR) is 84.1 cm³/mol. The standard InChI is InChI=1S/C10H14.C8H11N/c1-2-3-7-10-8-5-4-6-9-10;1-7(9)8-5-3-2-4-6-8/h4-6,8-9H,2-3,7H2,1H3;2-7H,9H2,1H3. The third-order valence-corrected chi connectivity index (χ3v) is 2.99. The highest BCUT2D eigenvalue weighted by atomic mass is 14.6. The molecule has 0 aromatic heterocycles. The van der Waals surface area contributed by atoms with Gasteiger partial charge in [0.05, 0.1) is 0 Å². The molecule has 1 heteroatoms. The Labute approximate surface area is 117 Å². The summed E-state index contributed by atoms with van der Waals surface area (Å²) in [6.07, 6.45) is 3.83. The Balaban J connectivity index is 0.000000191. The molecule has 0 aliphatic carbocycles. The molecular weight excluding hydrogens is 230 g/mol. The first-order chi connectivity index (χ1) is 9.24. The van der Waals surface area contributed by atoms with E-state index in [1.54, 1.807) is 0 Å². The molecule has 1 nitrogen and oxygen atoms in total. The predicted octanol–water partition coefficient (Wildman–Crippen LogP) is 4.74. The maximum Gasteiger partial charge on any atom is 0.0266 e. The summed E-state index contributed by atoms with van der Waals surface area (Å²) >= 11 is 0. The Bertz CT molecular complexity index is 420. The van der Waals surface area contributed by atoms with E-state index in [1.165, 1.54) is 30.4 Å². The van der Waals surface area contributed by atoms with E-state index in [4.69, 9.17) is 5.73 Å². The fraction of sp³-hybridized carbons (Fsp3) is 0.333. The van der Waals surface area contributed by atoms with Gasteiger partial charge < -0.3 is 5.73 Å². The molecule has 1 atom stereocenters. The van der Waals surface area contributed by atoms with Gasteiger partial charge in [-0.05, 0) is 30.9 Å². The molecule has 0 fully saturated rings. The van der Waals surface area contributed by atoms with Crippen LogP contribution < -0.4 is 5.73 Å². The van der Waals surface area contributed by atoms with E-state index < -0.39 is 0 Å². The Morgan fingerprint density at radius 1 is 0.895 bits per heavy atom. The summed E-state index contributed by atoms with van der Waals surface area (Å²) in [6, 6.07) is 20.9. The molecule has 0 radical (unpaired) electrons. The summed E-state index contributed by atoms with van der Waals surface area (Å²) in [6.45, 7) is 4.21. The highest BCUT2D eigenvalue weighted by Gasteiger charge is 1.93. The number of hydrogen-bond donors (Lipinski definition) is 1. The van der Waals surface area contributed by atoms with Crippen molar-refractivity contribution < 1.29 is 0 Å². The van der Waals surface area contributed by atoms with Crippen molar-refractivity contribution in [2.75, 3.05) is 0 Å². The van der Waals surface area contributed by atoms with Crippen molar-refractivity contribution in [1.29, 1.82) is 0 Å². The number of hydrogen-bond acceptors (Lipinski definition) is 1. The zero-order valence-corrected chi connectivity index (χ0v) is 12.0. The van der Waals surface area contributed by atoms with Gasteiger partial charge in [0, 0.05) is 6.04 Å². The van der Waals surface area contributed by atoms with Crippen molar-refractivity contribution in [2.45, 2.75) is 39.2 Å². The van der Waals surface area contributed by atoms with E-state index in [2.05, 4.69) is 37.3 Å². The average molecular weight is 255 g/mol. The van der Waals surface area contributed by atoms with Crippen LogP contribution in [0.2, 0.25) is 0 Å². The Kier molecular flexibility index (Phi) is 7.60. The summed E-state index contributed by atoms with van der Waals surface area (Å²) in [4.78, 5) is 0. The summed E-state index contributed by atoms with van der Waals surface area (Å²) in [5.74, 6) is 0. The number of aryl methyl sites for hydroxylation is 1. The quantitative estimate of drug-likeness (QED) is 0.839. The van der Waals surface area contributed by atoms with Crippen molar-refractivity contribution >= 4 is 0 Å². The van der Waals surface area contributed by atoms with Gasteiger partial charge in [0.2, 0.25) is 0 Å². The minimum Gasteiger partial charge on any atom is -0.324 e. The zero-order valence-electron chi connectivity index (χ0n) is 12.0. The molecule has 0 bridgehead atoms. The summed E-state index contributed by atoms with van der Waals surface area (Å²) in [5, 5.41) is 0. The van der Waals surface area contributed by atoms with Gasteiger partial charge in [-0.3, -0.25) is 0 Å². The van der Waals surface area contributed by atoms with E-state index in [0.717, 1.165) is 0 Å². The molecule has 0 saturated heterocycles. The first-order valence-electron chi connectivity index (χ1n) is 7.08. The summed E-state index contributed by atoms with van der Waals surface area (Å²) in [5.41, 5.74) is 8.27. The fourth-order valence-electron chi connectivity index (χ4n) is 1.78. The Morgan fingerprint density at radius 3 is 1.84 bits per heavy atom. The second-order valence-corrected chi connectivity index (χ2v) is 4.79. The molecule has 2 rings (SSSR count). The smallest absolute Gasteiger partial charge is 0.0266 e. The van der Waals surface area contributed by atoms with Crippen LogP contribution in [-0.2, 0) is 6.42 Å². The Morgan fingerprint density at radius 2 is 1.42 bits per heavy atom. The molecule has 102 valence electrons. The summed E-state index contributed by atoms with van der Waals surface area (Å²) in [7, 11) is 0. The van der Waals surface area contributed by atoms with Gasteiger partial charge in [-0.25, -0.2) is 0 Å². The van der Waals surface area contributed by atoms with Crippen LogP contribution in [-0.4, -0.2) is 0 Å². The van der Waals surface area contributed by atoms with Gasteiger partial charge in [0.25, 0.3) is 0 Å². The minimum absolute atomic E-state index is 0.159.